The lowest BCUT2D eigenvalue weighted by Gasteiger charge is -2.17. The second kappa shape index (κ2) is 7.23. The van der Waals surface area contributed by atoms with Crippen molar-refractivity contribution < 1.29 is 19.4 Å². The number of amides is 1. The first-order chi connectivity index (χ1) is 6.99. The van der Waals surface area contributed by atoms with Crippen LogP contribution in [0.25, 0.3) is 0 Å². The summed E-state index contributed by atoms with van der Waals surface area (Å²) in [7, 11) is 0. The number of nitrogens with one attached hydrogen (secondary N) is 1. The molecule has 0 saturated heterocycles. The van der Waals surface area contributed by atoms with Gasteiger partial charge in [-0.25, -0.2) is 4.79 Å². The summed E-state index contributed by atoms with van der Waals surface area (Å²) in [5.74, 6) is -1.42. The maximum atomic E-state index is 11.3. The van der Waals surface area contributed by atoms with E-state index in [-0.39, 0.29) is 18.2 Å². The van der Waals surface area contributed by atoms with Crippen LogP contribution in [0.15, 0.2) is 0 Å². The van der Waals surface area contributed by atoms with Crippen LogP contribution in [-0.4, -0.2) is 36.2 Å². The summed E-state index contributed by atoms with van der Waals surface area (Å²) in [6.45, 7) is 6.22. The summed E-state index contributed by atoms with van der Waals surface area (Å²) in [5, 5.41) is 11.3. The van der Waals surface area contributed by atoms with Crippen molar-refractivity contribution in [3.63, 3.8) is 0 Å². The summed E-state index contributed by atoms with van der Waals surface area (Å²) in [4.78, 5) is 22.0. The van der Waals surface area contributed by atoms with Crippen molar-refractivity contribution in [3.05, 3.63) is 0 Å². The molecule has 0 heterocycles. The Morgan fingerprint density at radius 2 is 2.00 bits per heavy atom. The number of rotatable bonds is 7. The average molecular weight is 217 g/mol. The molecule has 0 rings (SSSR count). The highest BCUT2D eigenvalue weighted by atomic mass is 16.5. The molecule has 2 N–H and O–H groups in total. The molecule has 5 nitrogen and oxygen atoms in total. The summed E-state index contributed by atoms with van der Waals surface area (Å²) >= 11 is 0. The van der Waals surface area contributed by atoms with Gasteiger partial charge in [0.1, 0.15) is 6.04 Å². The van der Waals surface area contributed by atoms with Crippen molar-refractivity contribution >= 4 is 11.9 Å². The topological polar surface area (TPSA) is 75.6 Å². The first-order valence-electron chi connectivity index (χ1n) is 5.09. The maximum absolute atomic E-state index is 11.3. The van der Waals surface area contributed by atoms with Crippen molar-refractivity contribution in [2.75, 3.05) is 13.2 Å². The Morgan fingerprint density at radius 3 is 2.40 bits per heavy atom. The largest absolute Gasteiger partial charge is 0.480 e. The van der Waals surface area contributed by atoms with E-state index < -0.39 is 12.0 Å². The van der Waals surface area contributed by atoms with Crippen LogP contribution >= 0.6 is 0 Å². The van der Waals surface area contributed by atoms with Gasteiger partial charge in [-0.2, -0.15) is 0 Å². The molecule has 0 aromatic heterocycles. The van der Waals surface area contributed by atoms with E-state index in [0.29, 0.717) is 13.2 Å². The highest BCUT2D eigenvalue weighted by molar-refractivity contribution is 5.83. The van der Waals surface area contributed by atoms with Gasteiger partial charge in [-0.05, 0) is 12.8 Å². The number of carbonyl (C=O) groups excluding carboxylic acids is 1. The quantitative estimate of drug-likeness (QED) is 0.613. The predicted molar refractivity (Wildman–Crippen MR) is 55.5 cm³/mol. The smallest absolute Gasteiger partial charge is 0.326 e. The lowest BCUT2D eigenvalue weighted by Crippen LogP contribution is -2.44. The molecule has 0 aliphatic heterocycles. The Hall–Kier alpha value is -1.10. The van der Waals surface area contributed by atoms with Gasteiger partial charge in [0, 0.05) is 13.0 Å². The van der Waals surface area contributed by atoms with E-state index in [2.05, 4.69) is 5.32 Å². The van der Waals surface area contributed by atoms with Crippen LogP contribution in [0.1, 0.15) is 27.2 Å². The number of carboxylic acid groups (broad SMARTS) is 1. The second-order valence-electron chi connectivity index (χ2n) is 3.57. The average Bonchev–Trinajstić information content (AvgIpc) is 2.13. The number of hydrogen-bond donors (Lipinski definition) is 2. The van der Waals surface area contributed by atoms with E-state index in [1.807, 2.05) is 6.92 Å². The number of aliphatic carboxylic acids is 1. The molecule has 0 aromatic rings. The number of carboxylic acids is 1. The normalized spacial score (nSPS) is 12.5. The Kier molecular flexibility index (Phi) is 6.70. The van der Waals surface area contributed by atoms with Gasteiger partial charge in [-0.15, -0.1) is 0 Å². The highest BCUT2D eigenvalue weighted by Crippen LogP contribution is 2.01. The fourth-order valence-corrected chi connectivity index (χ4v) is 1.07. The minimum atomic E-state index is -1.00. The Labute approximate surface area is 89.8 Å². The number of carbonyl (C=O) groups is 2. The van der Waals surface area contributed by atoms with E-state index in [4.69, 9.17) is 9.84 Å². The van der Waals surface area contributed by atoms with Crippen LogP contribution in [0.2, 0.25) is 0 Å². The Balaban J connectivity index is 3.95. The van der Waals surface area contributed by atoms with E-state index in [1.165, 1.54) is 0 Å². The first kappa shape index (κ1) is 13.9. The van der Waals surface area contributed by atoms with Crippen molar-refractivity contribution in [1.82, 2.24) is 5.32 Å². The number of ether oxygens (including phenoxy) is 1. The monoisotopic (exact) mass is 217 g/mol. The first-order valence-corrected chi connectivity index (χ1v) is 5.09. The van der Waals surface area contributed by atoms with Crippen LogP contribution in [0.4, 0.5) is 0 Å². The molecular weight excluding hydrogens is 198 g/mol. The molecule has 88 valence electrons. The summed E-state index contributed by atoms with van der Waals surface area (Å²) in [6.07, 6.45) is 0.199. The third kappa shape index (κ3) is 6.06. The van der Waals surface area contributed by atoms with E-state index in [9.17, 15) is 9.59 Å². The summed E-state index contributed by atoms with van der Waals surface area (Å²) in [6, 6.07) is -0.820. The molecule has 0 saturated carbocycles. The van der Waals surface area contributed by atoms with Gasteiger partial charge in [0.05, 0.1) is 6.61 Å². The molecule has 0 aromatic carbocycles. The fraction of sp³-hybridized carbons (Fsp3) is 0.800. The van der Waals surface area contributed by atoms with E-state index in [1.54, 1.807) is 13.8 Å². The molecule has 1 amide bonds. The molecule has 0 radical (unpaired) electrons. The van der Waals surface area contributed by atoms with Gasteiger partial charge in [-0.3, -0.25) is 4.79 Å². The third-order valence-electron chi connectivity index (χ3n) is 1.93. The maximum Gasteiger partial charge on any atom is 0.326 e. The molecule has 1 atom stereocenters. The lowest BCUT2D eigenvalue weighted by atomic mass is 10.0. The molecular formula is C10H19NO4. The molecule has 0 bridgehead atoms. The molecule has 5 heteroatoms. The molecule has 0 spiro atoms. The van der Waals surface area contributed by atoms with Crippen molar-refractivity contribution in [1.29, 1.82) is 0 Å². The van der Waals surface area contributed by atoms with Crippen molar-refractivity contribution in [2.45, 2.75) is 33.2 Å². The van der Waals surface area contributed by atoms with Crippen LogP contribution < -0.4 is 5.32 Å². The van der Waals surface area contributed by atoms with Gasteiger partial charge < -0.3 is 15.2 Å². The highest BCUT2D eigenvalue weighted by Gasteiger charge is 2.22. The SMILES string of the molecule is CCOCCC(=O)NC(C(=O)O)C(C)C. The van der Waals surface area contributed by atoms with Crippen LogP contribution in [0, 0.1) is 5.92 Å². The third-order valence-corrected chi connectivity index (χ3v) is 1.93. The zero-order valence-corrected chi connectivity index (χ0v) is 9.45. The predicted octanol–water partition coefficient (Wildman–Crippen LogP) is 0.638. The molecule has 15 heavy (non-hydrogen) atoms. The fourth-order valence-electron chi connectivity index (χ4n) is 1.07. The van der Waals surface area contributed by atoms with Gasteiger partial charge in [0.2, 0.25) is 5.91 Å². The molecule has 0 aliphatic rings. The van der Waals surface area contributed by atoms with Gasteiger partial charge >= 0.3 is 5.97 Å². The van der Waals surface area contributed by atoms with Crippen LogP contribution in [-0.2, 0) is 14.3 Å². The summed E-state index contributed by atoms with van der Waals surface area (Å²) in [5.41, 5.74) is 0. The second-order valence-corrected chi connectivity index (χ2v) is 3.57. The Morgan fingerprint density at radius 1 is 1.40 bits per heavy atom. The van der Waals surface area contributed by atoms with Gasteiger partial charge in [0.25, 0.3) is 0 Å². The van der Waals surface area contributed by atoms with Crippen molar-refractivity contribution in [3.8, 4) is 0 Å². The zero-order chi connectivity index (χ0) is 11.8. The van der Waals surface area contributed by atoms with E-state index in [0.717, 1.165) is 0 Å². The number of hydrogen-bond acceptors (Lipinski definition) is 3. The van der Waals surface area contributed by atoms with Crippen LogP contribution in [0.5, 0.6) is 0 Å². The lowest BCUT2D eigenvalue weighted by molar-refractivity contribution is -0.143. The van der Waals surface area contributed by atoms with Gasteiger partial charge in [-0.1, -0.05) is 13.8 Å². The van der Waals surface area contributed by atoms with E-state index >= 15 is 0 Å². The standard InChI is InChI=1S/C10H19NO4/c1-4-15-6-5-8(12)11-9(7(2)3)10(13)14/h7,9H,4-6H2,1-3H3,(H,11,12)(H,13,14). The van der Waals surface area contributed by atoms with Gasteiger partial charge in [0.15, 0.2) is 0 Å². The minimum Gasteiger partial charge on any atom is -0.480 e. The van der Waals surface area contributed by atoms with Crippen molar-refractivity contribution in [2.24, 2.45) is 5.92 Å². The molecule has 0 aliphatic carbocycles. The molecule has 1 unspecified atom stereocenters. The molecule has 0 fully saturated rings. The summed E-state index contributed by atoms with van der Waals surface area (Å²) < 4.78 is 5.00. The Bertz CT molecular complexity index is 215. The zero-order valence-electron chi connectivity index (χ0n) is 9.45. The van der Waals surface area contributed by atoms with Crippen LogP contribution in [0.3, 0.4) is 0 Å². The minimum absolute atomic E-state index is 0.126.